The Bertz CT molecular complexity index is 1490. The number of para-hydroxylation sites is 2. The summed E-state index contributed by atoms with van der Waals surface area (Å²) in [6.45, 7) is 9.08. The molecule has 5 rings (SSSR count). The first-order valence-electron chi connectivity index (χ1n) is 10.7. The lowest BCUT2D eigenvalue weighted by molar-refractivity contribution is 0.506. The molecule has 0 N–H and O–H groups in total. The van der Waals surface area contributed by atoms with E-state index in [-0.39, 0.29) is 5.56 Å². The van der Waals surface area contributed by atoms with Crippen molar-refractivity contribution >= 4 is 33.2 Å². The molecule has 3 heterocycles. The summed E-state index contributed by atoms with van der Waals surface area (Å²) in [5.41, 5.74) is 6.58. The molecule has 156 valence electrons. The van der Waals surface area contributed by atoms with Crippen LogP contribution in [-0.4, -0.2) is 24.1 Å². The van der Waals surface area contributed by atoms with Gasteiger partial charge in [0.05, 0.1) is 17.4 Å². The number of hydrogen-bond donors (Lipinski definition) is 0. The summed E-state index contributed by atoms with van der Waals surface area (Å²) in [6, 6.07) is 14.1. The summed E-state index contributed by atoms with van der Waals surface area (Å²) in [4.78, 5) is 28.0. The van der Waals surface area contributed by atoms with Gasteiger partial charge in [-0.2, -0.15) is 0 Å². The molecule has 0 amide bonds. The third-order valence-electron chi connectivity index (χ3n) is 5.64. The molecule has 0 saturated heterocycles. The second-order valence-corrected chi connectivity index (χ2v) is 8.69. The van der Waals surface area contributed by atoms with Gasteiger partial charge in [-0.1, -0.05) is 32.0 Å². The fourth-order valence-corrected chi connectivity index (χ4v) is 4.15. The molecule has 0 atom stereocenters. The quantitative estimate of drug-likeness (QED) is 0.420. The number of aromatic nitrogens is 5. The van der Waals surface area contributed by atoms with Gasteiger partial charge in [-0.15, -0.1) is 0 Å². The van der Waals surface area contributed by atoms with Crippen molar-refractivity contribution in [3.8, 4) is 5.69 Å². The molecular weight excluding hydrogens is 386 g/mol. The standard InChI is InChI=1S/C25H25N5O/c1-15(2)9-10-29-14-26-23-21(25(29)31)22-24(28-20-8-6-5-7-19(20)27-22)30(23)18-12-16(3)11-17(4)13-18/h5-8,11-15H,9-10H2,1-4H3. The number of hydrogen-bond acceptors (Lipinski definition) is 4. The molecule has 6 nitrogen and oxygen atoms in total. The Morgan fingerprint density at radius 3 is 2.29 bits per heavy atom. The first-order valence-corrected chi connectivity index (χ1v) is 10.7. The first kappa shape index (κ1) is 19.4. The minimum absolute atomic E-state index is 0.0663. The lowest BCUT2D eigenvalue weighted by atomic mass is 10.1. The summed E-state index contributed by atoms with van der Waals surface area (Å²) in [7, 11) is 0. The lowest BCUT2D eigenvalue weighted by Gasteiger charge is -2.10. The van der Waals surface area contributed by atoms with E-state index in [1.807, 2.05) is 28.8 Å². The Kier molecular flexibility index (Phi) is 4.58. The molecule has 0 saturated carbocycles. The van der Waals surface area contributed by atoms with E-state index >= 15 is 0 Å². The highest BCUT2D eigenvalue weighted by Crippen LogP contribution is 2.29. The van der Waals surface area contributed by atoms with Crippen LogP contribution in [0.25, 0.3) is 38.9 Å². The van der Waals surface area contributed by atoms with Gasteiger partial charge in [0.1, 0.15) is 10.9 Å². The molecule has 0 bridgehead atoms. The fourth-order valence-electron chi connectivity index (χ4n) is 4.15. The predicted molar refractivity (Wildman–Crippen MR) is 125 cm³/mol. The Morgan fingerprint density at radius 2 is 1.61 bits per heavy atom. The number of fused-ring (bicyclic) bond motifs is 4. The maximum atomic E-state index is 13.5. The van der Waals surface area contributed by atoms with Crippen LogP contribution in [-0.2, 0) is 6.54 Å². The van der Waals surface area contributed by atoms with Gasteiger partial charge in [0.2, 0.25) is 0 Å². The Balaban J connectivity index is 1.91. The Morgan fingerprint density at radius 1 is 0.935 bits per heavy atom. The largest absolute Gasteiger partial charge is 0.299 e. The normalized spacial score (nSPS) is 11.9. The van der Waals surface area contributed by atoms with Gasteiger partial charge >= 0.3 is 0 Å². The van der Waals surface area contributed by atoms with Crippen LogP contribution in [0, 0.1) is 19.8 Å². The number of aryl methyl sites for hydroxylation is 3. The van der Waals surface area contributed by atoms with Crippen LogP contribution in [0.2, 0.25) is 0 Å². The zero-order valence-corrected chi connectivity index (χ0v) is 18.3. The number of benzene rings is 2. The lowest BCUT2D eigenvalue weighted by Crippen LogP contribution is -2.21. The zero-order chi connectivity index (χ0) is 21.7. The van der Waals surface area contributed by atoms with E-state index in [1.54, 1.807) is 10.9 Å². The smallest absolute Gasteiger partial charge is 0.265 e. The molecule has 0 aliphatic carbocycles. The zero-order valence-electron chi connectivity index (χ0n) is 18.3. The van der Waals surface area contributed by atoms with Gasteiger partial charge < -0.3 is 0 Å². The van der Waals surface area contributed by atoms with Gasteiger partial charge in [-0.25, -0.2) is 15.0 Å². The van der Waals surface area contributed by atoms with E-state index in [9.17, 15) is 4.79 Å². The second kappa shape index (κ2) is 7.30. The average Bonchev–Trinajstić information content (AvgIpc) is 3.04. The van der Waals surface area contributed by atoms with Crippen LogP contribution < -0.4 is 5.56 Å². The Hall–Kier alpha value is -3.54. The van der Waals surface area contributed by atoms with Crippen LogP contribution in [0.5, 0.6) is 0 Å². The predicted octanol–water partition coefficient (Wildman–Crippen LogP) is 4.95. The van der Waals surface area contributed by atoms with Crippen molar-refractivity contribution in [2.75, 3.05) is 0 Å². The highest BCUT2D eigenvalue weighted by molar-refractivity contribution is 6.05. The second-order valence-electron chi connectivity index (χ2n) is 8.69. The van der Waals surface area contributed by atoms with Gasteiger partial charge in [0, 0.05) is 12.2 Å². The molecule has 3 aromatic heterocycles. The minimum Gasteiger partial charge on any atom is -0.299 e. The third-order valence-corrected chi connectivity index (χ3v) is 5.64. The van der Waals surface area contributed by atoms with Crippen molar-refractivity contribution in [2.45, 2.75) is 40.7 Å². The molecule has 0 aliphatic heterocycles. The van der Waals surface area contributed by atoms with E-state index in [1.165, 1.54) is 0 Å². The van der Waals surface area contributed by atoms with Crippen molar-refractivity contribution in [3.63, 3.8) is 0 Å². The molecular formula is C25H25N5O. The topological polar surface area (TPSA) is 65.6 Å². The fraction of sp³-hybridized carbons (Fsp3) is 0.280. The molecule has 31 heavy (non-hydrogen) atoms. The molecule has 5 aromatic rings. The average molecular weight is 412 g/mol. The van der Waals surface area contributed by atoms with Gasteiger partial charge in [-0.05, 0) is 61.6 Å². The van der Waals surface area contributed by atoms with E-state index in [4.69, 9.17) is 15.0 Å². The van der Waals surface area contributed by atoms with Crippen LogP contribution in [0.1, 0.15) is 31.4 Å². The summed E-state index contributed by atoms with van der Waals surface area (Å²) >= 11 is 0. The summed E-state index contributed by atoms with van der Waals surface area (Å²) < 4.78 is 3.67. The maximum absolute atomic E-state index is 13.5. The monoisotopic (exact) mass is 411 g/mol. The van der Waals surface area contributed by atoms with E-state index in [2.05, 4.69) is 45.9 Å². The molecule has 0 unspecified atom stereocenters. The van der Waals surface area contributed by atoms with Crippen molar-refractivity contribution in [3.05, 3.63) is 70.3 Å². The maximum Gasteiger partial charge on any atom is 0.265 e. The highest BCUT2D eigenvalue weighted by Gasteiger charge is 2.21. The summed E-state index contributed by atoms with van der Waals surface area (Å²) in [6.07, 6.45) is 2.57. The third kappa shape index (κ3) is 3.28. The van der Waals surface area contributed by atoms with Crippen LogP contribution >= 0.6 is 0 Å². The highest BCUT2D eigenvalue weighted by atomic mass is 16.1. The molecule has 0 radical (unpaired) electrons. The van der Waals surface area contributed by atoms with Crippen molar-refractivity contribution in [2.24, 2.45) is 5.92 Å². The van der Waals surface area contributed by atoms with Crippen molar-refractivity contribution in [1.29, 1.82) is 0 Å². The van der Waals surface area contributed by atoms with Crippen LogP contribution in [0.3, 0.4) is 0 Å². The molecule has 0 aliphatic rings. The molecule has 0 fully saturated rings. The molecule has 0 spiro atoms. The van der Waals surface area contributed by atoms with Crippen molar-refractivity contribution < 1.29 is 0 Å². The van der Waals surface area contributed by atoms with Crippen LogP contribution in [0.15, 0.2) is 53.6 Å². The molecule has 6 heteroatoms. The summed E-state index contributed by atoms with van der Waals surface area (Å²) in [5, 5.41) is 0.527. The van der Waals surface area contributed by atoms with Gasteiger partial charge in [0.15, 0.2) is 11.3 Å². The Labute approximate surface area is 180 Å². The number of nitrogens with zero attached hydrogens (tertiary/aromatic N) is 5. The van der Waals surface area contributed by atoms with E-state index in [0.717, 1.165) is 34.3 Å². The van der Waals surface area contributed by atoms with Crippen molar-refractivity contribution in [1.82, 2.24) is 24.1 Å². The molecule has 2 aromatic carbocycles. The number of rotatable bonds is 4. The van der Waals surface area contributed by atoms with Gasteiger partial charge in [-0.3, -0.25) is 13.9 Å². The first-order chi connectivity index (χ1) is 14.9. The summed E-state index contributed by atoms with van der Waals surface area (Å²) in [5.74, 6) is 0.503. The van der Waals surface area contributed by atoms with Gasteiger partial charge in [0.25, 0.3) is 5.56 Å². The van der Waals surface area contributed by atoms with Crippen LogP contribution in [0.4, 0.5) is 0 Å². The van der Waals surface area contributed by atoms with E-state index in [0.29, 0.717) is 34.7 Å². The minimum atomic E-state index is -0.0663. The SMILES string of the molecule is Cc1cc(C)cc(-n2c3nc4ccccc4nc3c3c(=O)n(CCC(C)C)cnc32)c1. The van der Waals surface area contributed by atoms with E-state index < -0.39 is 0 Å².